The molecular formula is C27H24BrF3N8O2. The number of fused-ring (bicyclic) bond motifs is 1. The van der Waals surface area contributed by atoms with Crippen LogP contribution < -0.4 is 9.47 Å². The van der Waals surface area contributed by atoms with Crippen molar-refractivity contribution in [2.75, 3.05) is 14.2 Å². The fourth-order valence-electron chi connectivity index (χ4n) is 4.82. The van der Waals surface area contributed by atoms with Crippen molar-refractivity contribution in [1.29, 1.82) is 0 Å². The van der Waals surface area contributed by atoms with Gasteiger partial charge in [0.2, 0.25) is 11.8 Å². The first-order valence-electron chi connectivity index (χ1n) is 12.7. The summed E-state index contributed by atoms with van der Waals surface area (Å²) < 4.78 is 54.1. The van der Waals surface area contributed by atoms with Crippen LogP contribution >= 0.6 is 15.9 Å². The molecule has 1 saturated carbocycles. The number of hydrogen-bond acceptors (Lipinski definition) is 8. The highest BCUT2D eigenvalue weighted by molar-refractivity contribution is 9.10. The third-order valence-corrected chi connectivity index (χ3v) is 8.05. The number of benzene rings is 1. The number of methoxy groups -OCH3 is 2. The molecule has 1 aromatic carbocycles. The number of imidazole rings is 1. The Bertz CT molecular complexity index is 1760. The van der Waals surface area contributed by atoms with Crippen LogP contribution in [0.25, 0.3) is 33.8 Å². The highest BCUT2D eigenvalue weighted by Crippen LogP contribution is 2.45. The summed E-state index contributed by atoms with van der Waals surface area (Å²) in [6.07, 6.45) is 0.638. The topological polar surface area (TPSA) is 106 Å². The predicted octanol–water partition coefficient (Wildman–Crippen LogP) is 5.97. The molecule has 6 rings (SSSR count). The van der Waals surface area contributed by atoms with Gasteiger partial charge in [-0.05, 0) is 41.3 Å². The van der Waals surface area contributed by atoms with Crippen molar-refractivity contribution >= 4 is 27.0 Å². The van der Waals surface area contributed by atoms with Crippen LogP contribution in [0.15, 0.2) is 41.4 Å². The van der Waals surface area contributed by atoms with Crippen molar-refractivity contribution < 1.29 is 22.6 Å². The molecule has 0 amide bonds. The molecule has 4 heterocycles. The van der Waals surface area contributed by atoms with Crippen LogP contribution in [0.3, 0.4) is 0 Å². The van der Waals surface area contributed by atoms with Gasteiger partial charge < -0.3 is 14.0 Å². The number of ether oxygens (including phenoxy) is 2. The Labute approximate surface area is 240 Å². The van der Waals surface area contributed by atoms with E-state index in [-0.39, 0.29) is 16.5 Å². The first-order chi connectivity index (χ1) is 19.6. The lowest BCUT2D eigenvalue weighted by molar-refractivity contribution is -0.141. The van der Waals surface area contributed by atoms with Gasteiger partial charge in [0, 0.05) is 24.7 Å². The van der Waals surface area contributed by atoms with Gasteiger partial charge in [-0.25, -0.2) is 29.6 Å². The maximum absolute atomic E-state index is 13.4. The van der Waals surface area contributed by atoms with E-state index in [9.17, 15) is 13.2 Å². The van der Waals surface area contributed by atoms with Gasteiger partial charge in [-0.3, -0.25) is 0 Å². The van der Waals surface area contributed by atoms with Crippen molar-refractivity contribution in [2.24, 2.45) is 7.05 Å². The zero-order chi connectivity index (χ0) is 29.1. The Morgan fingerprint density at radius 1 is 1.00 bits per heavy atom. The zero-order valence-electron chi connectivity index (χ0n) is 22.4. The van der Waals surface area contributed by atoms with Gasteiger partial charge in [-0.15, -0.1) is 5.10 Å². The van der Waals surface area contributed by atoms with Crippen LogP contribution in [0.1, 0.15) is 48.7 Å². The lowest BCUT2D eigenvalue weighted by atomic mass is 10.1. The molecule has 0 spiro atoms. The predicted molar refractivity (Wildman–Crippen MR) is 147 cm³/mol. The van der Waals surface area contributed by atoms with E-state index in [1.807, 2.05) is 19.1 Å². The first-order valence-corrected chi connectivity index (χ1v) is 13.5. The second kappa shape index (κ2) is 10.1. The zero-order valence-corrected chi connectivity index (χ0v) is 24.0. The normalized spacial score (nSPS) is 14.4. The van der Waals surface area contributed by atoms with Gasteiger partial charge in [0.05, 0.1) is 26.0 Å². The molecule has 1 atom stereocenters. The smallest absolute Gasteiger partial charge is 0.436 e. The molecule has 212 valence electrons. The Morgan fingerprint density at radius 2 is 1.71 bits per heavy atom. The highest BCUT2D eigenvalue weighted by atomic mass is 79.9. The summed E-state index contributed by atoms with van der Waals surface area (Å²) in [5.74, 6) is 1.69. The second-order valence-electron chi connectivity index (χ2n) is 9.73. The van der Waals surface area contributed by atoms with Crippen molar-refractivity contribution in [3.63, 3.8) is 0 Å². The summed E-state index contributed by atoms with van der Waals surface area (Å²) in [5, 5.41) is 5.28. The Kier molecular flexibility index (Phi) is 6.67. The SMILES string of the molecule is COc1ncnc(C2CC2)c1-c1ncc2c(OC)nn(C(C)c3ccc(-c4nc(C(F)(F)F)c(Br)n4C)cc3)c2n1. The van der Waals surface area contributed by atoms with E-state index in [2.05, 4.69) is 41.0 Å². The van der Waals surface area contributed by atoms with Crippen molar-refractivity contribution in [1.82, 2.24) is 39.3 Å². The van der Waals surface area contributed by atoms with E-state index >= 15 is 0 Å². The van der Waals surface area contributed by atoms with E-state index in [4.69, 9.17) is 14.5 Å². The lowest BCUT2D eigenvalue weighted by Crippen LogP contribution is -2.10. The van der Waals surface area contributed by atoms with Crippen molar-refractivity contribution in [3.8, 4) is 34.5 Å². The fraction of sp³-hybridized carbons (Fsp3) is 0.333. The van der Waals surface area contributed by atoms with Gasteiger partial charge >= 0.3 is 6.18 Å². The minimum atomic E-state index is -4.57. The molecule has 0 bridgehead atoms. The maximum Gasteiger partial charge on any atom is 0.436 e. The Balaban J connectivity index is 1.40. The summed E-state index contributed by atoms with van der Waals surface area (Å²) >= 11 is 3.01. The van der Waals surface area contributed by atoms with E-state index in [1.165, 1.54) is 25.1 Å². The van der Waals surface area contributed by atoms with E-state index in [1.54, 1.807) is 30.1 Å². The molecule has 1 aliphatic carbocycles. The number of aromatic nitrogens is 8. The summed E-state index contributed by atoms with van der Waals surface area (Å²) in [6.45, 7) is 1.95. The summed E-state index contributed by atoms with van der Waals surface area (Å²) in [7, 11) is 4.60. The molecule has 14 heteroatoms. The van der Waals surface area contributed by atoms with E-state index in [0.717, 1.165) is 24.1 Å². The van der Waals surface area contributed by atoms with Crippen LogP contribution in [-0.4, -0.2) is 53.5 Å². The van der Waals surface area contributed by atoms with Gasteiger partial charge in [0.15, 0.2) is 17.2 Å². The number of alkyl halides is 3. The lowest BCUT2D eigenvalue weighted by Gasteiger charge is -2.15. The Morgan fingerprint density at radius 3 is 2.32 bits per heavy atom. The quantitative estimate of drug-likeness (QED) is 0.217. The molecule has 0 N–H and O–H groups in total. The summed E-state index contributed by atoms with van der Waals surface area (Å²) in [5.41, 5.74) is 2.47. The third-order valence-electron chi connectivity index (χ3n) is 7.14. The van der Waals surface area contributed by atoms with Gasteiger partial charge in [0.1, 0.15) is 27.7 Å². The van der Waals surface area contributed by atoms with E-state index < -0.39 is 11.9 Å². The average Bonchev–Trinajstić information content (AvgIpc) is 3.69. The largest absolute Gasteiger partial charge is 0.480 e. The molecule has 4 aromatic heterocycles. The second-order valence-corrected chi connectivity index (χ2v) is 10.5. The number of nitrogens with zero attached hydrogens (tertiary/aromatic N) is 8. The van der Waals surface area contributed by atoms with Crippen LogP contribution in [0.2, 0.25) is 0 Å². The van der Waals surface area contributed by atoms with Crippen LogP contribution in [0.4, 0.5) is 13.2 Å². The minimum absolute atomic E-state index is 0.131. The van der Waals surface area contributed by atoms with Crippen LogP contribution in [0, 0.1) is 0 Å². The summed E-state index contributed by atoms with van der Waals surface area (Å²) in [6, 6.07) is 6.82. The highest BCUT2D eigenvalue weighted by Gasteiger charge is 2.38. The number of hydrogen-bond donors (Lipinski definition) is 0. The maximum atomic E-state index is 13.4. The molecule has 0 saturated heterocycles. The first kappa shape index (κ1) is 27.1. The fourth-order valence-corrected chi connectivity index (χ4v) is 5.30. The van der Waals surface area contributed by atoms with Crippen molar-refractivity contribution in [3.05, 3.63) is 58.3 Å². The minimum Gasteiger partial charge on any atom is -0.480 e. The molecule has 1 aliphatic rings. The van der Waals surface area contributed by atoms with E-state index in [0.29, 0.717) is 45.7 Å². The van der Waals surface area contributed by atoms with Gasteiger partial charge in [0.25, 0.3) is 0 Å². The average molecular weight is 629 g/mol. The third kappa shape index (κ3) is 4.69. The van der Waals surface area contributed by atoms with Crippen LogP contribution in [0.5, 0.6) is 11.8 Å². The molecule has 0 aliphatic heterocycles. The molecule has 1 unspecified atom stereocenters. The number of rotatable bonds is 7. The Hall–Kier alpha value is -4.07. The van der Waals surface area contributed by atoms with Gasteiger partial charge in [-0.2, -0.15) is 13.2 Å². The molecule has 10 nitrogen and oxygen atoms in total. The van der Waals surface area contributed by atoms with Gasteiger partial charge in [-0.1, -0.05) is 24.3 Å². The number of halogens is 4. The van der Waals surface area contributed by atoms with Crippen LogP contribution in [-0.2, 0) is 13.2 Å². The molecule has 0 radical (unpaired) electrons. The summed E-state index contributed by atoms with van der Waals surface area (Å²) in [4.78, 5) is 22.1. The molecule has 1 fully saturated rings. The molecule has 5 aromatic rings. The standard InChI is InChI=1S/C27H24BrF3N8O2/c1-13(14-5-9-16(10-6-14)23-35-20(27(29,30)31)21(28)38(23)2)39-24-17(25(37-39)40-3)11-32-22(36-24)18-19(15-7-8-15)33-12-34-26(18)41-4/h5-6,9-13,15H,7-8H2,1-4H3. The molecule has 41 heavy (non-hydrogen) atoms. The van der Waals surface area contributed by atoms with Crippen molar-refractivity contribution in [2.45, 2.75) is 37.9 Å². The molecular weight excluding hydrogens is 605 g/mol. The monoisotopic (exact) mass is 628 g/mol.